The van der Waals surface area contributed by atoms with Crippen molar-refractivity contribution in [3.05, 3.63) is 35.9 Å². The Labute approximate surface area is 106 Å². The van der Waals surface area contributed by atoms with E-state index in [9.17, 15) is 0 Å². The Kier molecular flexibility index (Phi) is 6.90. The molecule has 0 aliphatic rings. The molecule has 0 saturated heterocycles. The molecule has 1 rings (SSSR count). The van der Waals surface area contributed by atoms with Crippen molar-refractivity contribution >= 4 is 0 Å². The Morgan fingerprint density at radius 2 is 1.29 bits per heavy atom. The summed E-state index contributed by atoms with van der Waals surface area (Å²) in [4.78, 5) is 4.99. The third-order valence-electron chi connectivity index (χ3n) is 3.32. The lowest BCUT2D eigenvalue weighted by Crippen LogP contribution is -2.34. The summed E-state index contributed by atoms with van der Waals surface area (Å²) < 4.78 is 0. The van der Waals surface area contributed by atoms with Crippen LogP contribution >= 0.6 is 0 Å². The van der Waals surface area contributed by atoms with Crippen LogP contribution in [0.1, 0.15) is 26.3 Å². The van der Waals surface area contributed by atoms with E-state index in [-0.39, 0.29) is 0 Å². The van der Waals surface area contributed by atoms with Gasteiger partial charge in [-0.25, -0.2) is 0 Å². The maximum Gasteiger partial charge on any atom is 0.0234 e. The molecule has 0 bridgehead atoms. The van der Waals surface area contributed by atoms with Crippen LogP contribution in [0.25, 0.3) is 0 Å². The minimum atomic E-state index is 1.07. The van der Waals surface area contributed by atoms with Gasteiger partial charge in [-0.05, 0) is 25.2 Å². The van der Waals surface area contributed by atoms with Gasteiger partial charge in [0, 0.05) is 19.6 Å². The van der Waals surface area contributed by atoms with Gasteiger partial charge in [-0.15, -0.1) is 0 Å². The van der Waals surface area contributed by atoms with Gasteiger partial charge in [-0.3, -0.25) is 4.90 Å². The highest BCUT2D eigenvalue weighted by molar-refractivity contribution is 5.14. The Hall–Kier alpha value is -0.860. The third-order valence-corrected chi connectivity index (χ3v) is 3.32. The lowest BCUT2D eigenvalue weighted by molar-refractivity contribution is 0.215. The van der Waals surface area contributed by atoms with Crippen molar-refractivity contribution in [1.82, 2.24) is 9.80 Å². The molecule has 0 amide bonds. The van der Waals surface area contributed by atoms with Crippen molar-refractivity contribution in [2.24, 2.45) is 0 Å². The van der Waals surface area contributed by atoms with E-state index in [4.69, 9.17) is 0 Å². The lowest BCUT2D eigenvalue weighted by Gasteiger charge is -2.25. The molecule has 0 heterocycles. The van der Waals surface area contributed by atoms with Crippen molar-refractivity contribution in [2.45, 2.75) is 27.3 Å². The van der Waals surface area contributed by atoms with Gasteiger partial charge >= 0.3 is 0 Å². The molecule has 0 saturated carbocycles. The Bertz CT molecular complexity index is 280. The molecule has 0 unspecified atom stereocenters. The Balaban J connectivity index is 2.38. The normalized spacial score (nSPS) is 11.4. The van der Waals surface area contributed by atoms with E-state index < -0.39 is 0 Å². The molecule has 0 spiro atoms. The highest BCUT2D eigenvalue weighted by Gasteiger charge is 2.05. The van der Waals surface area contributed by atoms with Crippen molar-refractivity contribution in [2.75, 3.05) is 32.7 Å². The van der Waals surface area contributed by atoms with Crippen molar-refractivity contribution in [1.29, 1.82) is 0 Å². The molecular weight excluding hydrogens is 208 g/mol. The predicted molar refractivity (Wildman–Crippen MR) is 75.2 cm³/mol. The molecule has 1 aromatic carbocycles. The maximum absolute atomic E-state index is 2.51. The van der Waals surface area contributed by atoms with Gasteiger partial charge < -0.3 is 4.90 Å². The molecule has 0 fully saturated rings. The summed E-state index contributed by atoms with van der Waals surface area (Å²) in [5.41, 5.74) is 1.41. The molecule has 17 heavy (non-hydrogen) atoms. The first kappa shape index (κ1) is 14.2. The Morgan fingerprint density at radius 3 is 1.82 bits per heavy atom. The summed E-state index contributed by atoms with van der Waals surface area (Å²) >= 11 is 0. The van der Waals surface area contributed by atoms with Crippen molar-refractivity contribution < 1.29 is 0 Å². The molecule has 0 aromatic heterocycles. The minimum absolute atomic E-state index is 1.07. The average molecular weight is 234 g/mol. The number of nitrogens with zero attached hydrogens (tertiary/aromatic N) is 2. The van der Waals surface area contributed by atoms with Crippen LogP contribution in [0, 0.1) is 0 Å². The van der Waals surface area contributed by atoms with Crippen LogP contribution in [0.15, 0.2) is 30.3 Å². The first-order valence-electron chi connectivity index (χ1n) is 6.78. The number of rotatable bonds is 8. The Morgan fingerprint density at radius 1 is 0.765 bits per heavy atom. The van der Waals surface area contributed by atoms with Crippen LogP contribution in [0.2, 0.25) is 0 Å². The summed E-state index contributed by atoms with van der Waals surface area (Å²) in [7, 11) is 0. The molecule has 96 valence electrons. The SMILES string of the molecule is CCN(CC)CCN(CC)Cc1ccccc1. The van der Waals surface area contributed by atoms with Gasteiger partial charge in [0.2, 0.25) is 0 Å². The van der Waals surface area contributed by atoms with Crippen LogP contribution in [-0.4, -0.2) is 42.5 Å². The summed E-state index contributed by atoms with van der Waals surface area (Å²) in [6.45, 7) is 13.5. The fourth-order valence-corrected chi connectivity index (χ4v) is 2.01. The number of hydrogen-bond donors (Lipinski definition) is 0. The second kappa shape index (κ2) is 8.26. The van der Waals surface area contributed by atoms with Crippen LogP contribution in [-0.2, 0) is 6.54 Å². The summed E-state index contributed by atoms with van der Waals surface area (Å²) in [5, 5.41) is 0. The predicted octanol–water partition coefficient (Wildman–Crippen LogP) is 2.85. The van der Waals surface area contributed by atoms with Gasteiger partial charge in [0.15, 0.2) is 0 Å². The summed E-state index contributed by atoms with van der Waals surface area (Å²) in [5.74, 6) is 0. The smallest absolute Gasteiger partial charge is 0.0234 e. The van der Waals surface area contributed by atoms with E-state index in [1.165, 1.54) is 12.1 Å². The molecule has 0 N–H and O–H groups in total. The van der Waals surface area contributed by atoms with Gasteiger partial charge in [0.25, 0.3) is 0 Å². The van der Waals surface area contributed by atoms with Gasteiger partial charge in [-0.2, -0.15) is 0 Å². The molecule has 1 aromatic rings. The topological polar surface area (TPSA) is 6.48 Å². The zero-order chi connectivity index (χ0) is 12.5. The first-order chi connectivity index (χ1) is 8.30. The van der Waals surface area contributed by atoms with E-state index in [0.29, 0.717) is 0 Å². The van der Waals surface area contributed by atoms with Crippen LogP contribution in [0.3, 0.4) is 0 Å². The summed E-state index contributed by atoms with van der Waals surface area (Å²) in [6, 6.07) is 10.7. The molecule has 2 heteroatoms. The van der Waals surface area contributed by atoms with Crippen LogP contribution in [0.5, 0.6) is 0 Å². The van der Waals surface area contributed by atoms with E-state index in [2.05, 4.69) is 60.9 Å². The van der Waals surface area contributed by atoms with Gasteiger partial charge in [-0.1, -0.05) is 51.1 Å². The number of likely N-dealkylation sites (N-methyl/N-ethyl adjacent to an activating group) is 2. The second-order valence-corrected chi connectivity index (χ2v) is 4.38. The second-order valence-electron chi connectivity index (χ2n) is 4.38. The van der Waals surface area contributed by atoms with Crippen LogP contribution in [0.4, 0.5) is 0 Å². The van der Waals surface area contributed by atoms with Crippen molar-refractivity contribution in [3.8, 4) is 0 Å². The zero-order valence-electron chi connectivity index (χ0n) is 11.5. The highest BCUT2D eigenvalue weighted by atomic mass is 15.2. The number of hydrogen-bond acceptors (Lipinski definition) is 2. The largest absolute Gasteiger partial charge is 0.303 e. The molecule has 0 aliphatic heterocycles. The molecule has 0 aliphatic carbocycles. The van der Waals surface area contributed by atoms with Gasteiger partial charge in [0.05, 0.1) is 0 Å². The fraction of sp³-hybridized carbons (Fsp3) is 0.600. The molecular formula is C15H26N2. The van der Waals surface area contributed by atoms with Crippen molar-refractivity contribution in [3.63, 3.8) is 0 Å². The molecule has 0 atom stereocenters. The zero-order valence-corrected chi connectivity index (χ0v) is 11.5. The minimum Gasteiger partial charge on any atom is -0.303 e. The van der Waals surface area contributed by atoms with Gasteiger partial charge in [0.1, 0.15) is 0 Å². The lowest BCUT2D eigenvalue weighted by atomic mass is 10.2. The van der Waals surface area contributed by atoms with E-state index >= 15 is 0 Å². The summed E-state index contributed by atoms with van der Waals surface area (Å²) in [6.07, 6.45) is 0. The third kappa shape index (κ3) is 5.33. The molecule has 0 radical (unpaired) electrons. The highest BCUT2D eigenvalue weighted by Crippen LogP contribution is 2.04. The standard InChI is InChI=1S/C15H26N2/c1-4-16(5-2)12-13-17(6-3)14-15-10-8-7-9-11-15/h7-11H,4-6,12-14H2,1-3H3. The fourth-order valence-electron chi connectivity index (χ4n) is 2.01. The van der Waals surface area contributed by atoms with E-state index in [1.807, 2.05) is 0 Å². The average Bonchev–Trinajstić information content (AvgIpc) is 2.39. The van der Waals surface area contributed by atoms with E-state index in [1.54, 1.807) is 0 Å². The quantitative estimate of drug-likeness (QED) is 0.682. The molecule has 2 nitrogen and oxygen atoms in total. The van der Waals surface area contributed by atoms with Crippen LogP contribution < -0.4 is 0 Å². The maximum atomic E-state index is 2.51. The number of benzene rings is 1. The van der Waals surface area contributed by atoms with E-state index in [0.717, 1.165) is 32.7 Å². The monoisotopic (exact) mass is 234 g/mol. The first-order valence-corrected chi connectivity index (χ1v) is 6.78.